The van der Waals surface area contributed by atoms with E-state index in [1.807, 2.05) is 24.3 Å². The van der Waals surface area contributed by atoms with E-state index in [1.54, 1.807) is 6.20 Å². The molecule has 88 valence electrons. The molecule has 1 amide bonds. The van der Waals surface area contributed by atoms with Gasteiger partial charge in [0.25, 0.3) is 5.91 Å². The quantitative estimate of drug-likeness (QED) is 0.771. The molecule has 1 heterocycles. The van der Waals surface area contributed by atoms with Crippen molar-refractivity contribution < 1.29 is 4.79 Å². The summed E-state index contributed by atoms with van der Waals surface area (Å²) >= 11 is 5.50. The molecule has 0 radical (unpaired) electrons. The molecule has 0 bridgehead atoms. The van der Waals surface area contributed by atoms with E-state index >= 15 is 0 Å². The fraction of sp³-hybridized carbons (Fsp3) is 0.0909. The average molecular weight is 406 g/mol. The first-order valence-electron chi connectivity index (χ1n) is 4.88. The van der Waals surface area contributed by atoms with Crippen LogP contribution in [0.25, 0.3) is 0 Å². The zero-order chi connectivity index (χ0) is 12.3. The summed E-state index contributed by atoms with van der Waals surface area (Å²) in [5.41, 5.74) is 1.54. The third-order valence-corrected chi connectivity index (χ3v) is 3.60. The molecule has 0 saturated carbocycles. The lowest BCUT2D eigenvalue weighted by Crippen LogP contribution is -2.23. The van der Waals surface area contributed by atoms with Crippen LogP contribution < -0.4 is 5.32 Å². The number of amides is 1. The van der Waals surface area contributed by atoms with E-state index in [9.17, 15) is 4.79 Å². The van der Waals surface area contributed by atoms with Crippen molar-refractivity contribution in [3.63, 3.8) is 0 Å². The van der Waals surface area contributed by atoms with Gasteiger partial charge in [0.15, 0.2) is 0 Å². The van der Waals surface area contributed by atoms with E-state index in [0.29, 0.717) is 12.1 Å². The number of hydrogen-bond donors (Lipinski definition) is 2. The Balaban J connectivity index is 2.07. The van der Waals surface area contributed by atoms with Crippen LogP contribution in [0.4, 0.5) is 0 Å². The third-order valence-electron chi connectivity index (χ3n) is 2.17. The van der Waals surface area contributed by atoms with Crippen LogP contribution >= 0.6 is 38.5 Å². The number of benzene rings is 1. The second kappa shape index (κ2) is 5.63. The zero-order valence-electron chi connectivity index (χ0n) is 8.71. The molecular formula is C11H9BrIN3O. The highest BCUT2D eigenvalue weighted by Crippen LogP contribution is 2.18. The Morgan fingerprint density at radius 3 is 3.00 bits per heavy atom. The van der Waals surface area contributed by atoms with Crippen LogP contribution in [-0.4, -0.2) is 16.1 Å². The van der Waals surface area contributed by atoms with Gasteiger partial charge in [0.1, 0.15) is 0 Å². The second-order valence-electron chi connectivity index (χ2n) is 3.39. The number of rotatable bonds is 3. The van der Waals surface area contributed by atoms with Crippen LogP contribution in [0.2, 0.25) is 0 Å². The summed E-state index contributed by atoms with van der Waals surface area (Å²) < 4.78 is 1.82. The number of carbonyl (C=O) groups excluding carboxylic acids is 1. The normalized spacial score (nSPS) is 10.2. The van der Waals surface area contributed by atoms with E-state index in [4.69, 9.17) is 0 Å². The number of aromatic amines is 1. The van der Waals surface area contributed by atoms with Crippen LogP contribution in [0.3, 0.4) is 0 Å². The van der Waals surface area contributed by atoms with E-state index in [2.05, 4.69) is 54.0 Å². The molecule has 0 aliphatic rings. The molecule has 1 aromatic heterocycles. The molecule has 0 fully saturated rings. The molecular weight excluding hydrogens is 397 g/mol. The first-order chi connectivity index (χ1) is 8.16. The Morgan fingerprint density at radius 1 is 1.47 bits per heavy atom. The maximum absolute atomic E-state index is 11.9. The van der Waals surface area contributed by atoms with Crippen LogP contribution in [0.15, 0.2) is 34.9 Å². The number of halogens is 2. The first kappa shape index (κ1) is 12.6. The Labute approximate surface area is 120 Å². The molecule has 0 spiro atoms. The number of nitrogens with one attached hydrogen (secondary N) is 2. The second-order valence-corrected chi connectivity index (χ2v) is 5.47. The summed E-state index contributed by atoms with van der Waals surface area (Å²) in [5, 5.41) is 9.45. The summed E-state index contributed by atoms with van der Waals surface area (Å²) in [6.07, 6.45) is 1.66. The van der Waals surface area contributed by atoms with Gasteiger partial charge in [0.05, 0.1) is 17.8 Å². The molecule has 6 heteroatoms. The molecule has 0 unspecified atom stereocenters. The smallest absolute Gasteiger partial charge is 0.252 e. The van der Waals surface area contributed by atoms with Crippen LogP contribution in [-0.2, 0) is 6.54 Å². The van der Waals surface area contributed by atoms with Gasteiger partial charge in [-0.3, -0.25) is 9.89 Å². The third kappa shape index (κ3) is 3.29. The average Bonchev–Trinajstić information content (AvgIpc) is 2.82. The van der Waals surface area contributed by atoms with Gasteiger partial charge in [-0.25, -0.2) is 0 Å². The zero-order valence-corrected chi connectivity index (χ0v) is 12.4. The van der Waals surface area contributed by atoms with E-state index in [0.717, 1.165) is 13.7 Å². The summed E-state index contributed by atoms with van der Waals surface area (Å²) in [6, 6.07) is 7.44. The first-order valence-corrected chi connectivity index (χ1v) is 6.75. The van der Waals surface area contributed by atoms with Crippen LogP contribution in [0.1, 0.15) is 16.1 Å². The molecule has 2 N–H and O–H groups in total. The van der Waals surface area contributed by atoms with Crippen molar-refractivity contribution in [2.45, 2.75) is 6.54 Å². The SMILES string of the molecule is O=C(NCc1ccn[nH]1)c1cc(Br)ccc1I. The van der Waals surface area contributed by atoms with Crippen molar-refractivity contribution in [2.24, 2.45) is 0 Å². The van der Waals surface area contributed by atoms with Crippen molar-refractivity contribution in [3.05, 3.63) is 49.8 Å². The molecule has 0 aliphatic heterocycles. The molecule has 2 aromatic rings. The number of aromatic nitrogens is 2. The van der Waals surface area contributed by atoms with Gasteiger partial charge in [0.2, 0.25) is 0 Å². The number of hydrogen-bond acceptors (Lipinski definition) is 2. The number of H-pyrrole nitrogens is 1. The van der Waals surface area contributed by atoms with Gasteiger partial charge in [0, 0.05) is 14.2 Å². The Hall–Kier alpha value is -0.890. The minimum atomic E-state index is -0.0923. The topological polar surface area (TPSA) is 57.8 Å². The molecule has 2 rings (SSSR count). The maximum atomic E-state index is 11.9. The summed E-state index contributed by atoms with van der Waals surface area (Å²) in [7, 11) is 0. The molecule has 17 heavy (non-hydrogen) atoms. The van der Waals surface area contributed by atoms with E-state index in [-0.39, 0.29) is 5.91 Å². The van der Waals surface area contributed by atoms with Gasteiger partial charge in [-0.2, -0.15) is 5.10 Å². The standard InChI is InChI=1S/C11H9BrIN3O/c12-7-1-2-10(13)9(5-7)11(17)14-6-8-3-4-15-16-8/h1-5H,6H2,(H,14,17)(H,15,16). The summed E-state index contributed by atoms with van der Waals surface area (Å²) in [5.74, 6) is -0.0923. The van der Waals surface area contributed by atoms with Crippen LogP contribution in [0.5, 0.6) is 0 Å². The molecule has 0 saturated heterocycles. The summed E-state index contributed by atoms with van der Waals surface area (Å²) in [6.45, 7) is 0.446. The molecule has 1 aromatic carbocycles. The molecule has 0 atom stereocenters. The van der Waals surface area contributed by atoms with Crippen molar-refractivity contribution in [1.29, 1.82) is 0 Å². The predicted molar refractivity (Wildman–Crippen MR) is 76.6 cm³/mol. The van der Waals surface area contributed by atoms with Crippen molar-refractivity contribution in [1.82, 2.24) is 15.5 Å². The lowest BCUT2D eigenvalue weighted by molar-refractivity contribution is 0.0949. The number of carbonyl (C=O) groups is 1. The highest BCUT2D eigenvalue weighted by atomic mass is 127. The largest absolute Gasteiger partial charge is 0.346 e. The highest BCUT2D eigenvalue weighted by Gasteiger charge is 2.10. The highest BCUT2D eigenvalue weighted by molar-refractivity contribution is 14.1. The van der Waals surface area contributed by atoms with E-state index in [1.165, 1.54) is 0 Å². The number of nitrogens with zero attached hydrogens (tertiary/aromatic N) is 1. The lowest BCUT2D eigenvalue weighted by Gasteiger charge is -2.06. The fourth-order valence-corrected chi connectivity index (χ4v) is 2.27. The minimum Gasteiger partial charge on any atom is -0.346 e. The molecule has 0 aliphatic carbocycles. The van der Waals surface area contributed by atoms with Crippen molar-refractivity contribution in [3.8, 4) is 0 Å². The monoisotopic (exact) mass is 405 g/mol. The van der Waals surface area contributed by atoms with Gasteiger partial charge >= 0.3 is 0 Å². The van der Waals surface area contributed by atoms with Gasteiger partial charge in [-0.15, -0.1) is 0 Å². The van der Waals surface area contributed by atoms with Gasteiger partial charge < -0.3 is 5.32 Å². The minimum absolute atomic E-state index is 0.0923. The molecule has 4 nitrogen and oxygen atoms in total. The Bertz CT molecular complexity index is 528. The summed E-state index contributed by atoms with van der Waals surface area (Å²) in [4.78, 5) is 11.9. The maximum Gasteiger partial charge on any atom is 0.252 e. The fourth-order valence-electron chi connectivity index (χ4n) is 1.33. The lowest BCUT2D eigenvalue weighted by atomic mass is 10.2. The van der Waals surface area contributed by atoms with Gasteiger partial charge in [-0.1, -0.05) is 15.9 Å². The predicted octanol–water partition coefficient (Wildman–Crippen LogP) is 2.71. The van der Waals surface area contributed by atoms with E-state index < -0.39 is 0 Å². The van der Waals surface area contributed by atoms with Gasteiger partial charge in [-0.05, 0) is 46.9 Å². The van der Waals surface area contributed by atoms with Crippen molar-refractivity contribution in [2.75, 3.05) is 0 Å². The Morgan fingerprint density at radius 2 is 2.29 bits per heavy atom. The van der Waals surface area contributed by atoms with Crippen molar-refractivity contribution >= 4 is 44.4 Å². The Kier molecular flexibility index (Phi) is 4.16. The van der Waals surface area contributed by atoms with Crippen LogP contribution in [0, 0.1) is 3.57 Å².